The van der Waals surface area contributed by atoms with Gasteiger partial charge in [0, 0.05) is 17.7 Å². The van der Waals surface area contributed by atoms with Gasteiger partial charge in [0.2, 0.25) is 0 Å². The summed E-state index contributed by atoms with van der Waals surface area (Å²) in [4.78, 5) is 49.2. The summed E-state index contributed by atoms with van der Waals surface area (Å²) in [6.45, 7) is 1.57. The molecular weight excluding hydrogens is 598 g/mol. The zero-order chi connectivity index (χ0) is 31.8. The summed E-state index contributed by atoms with van der Waals surface area (Å²) in [6, 6.07) is 7.35. The number of alkyl halides is 3. The number of carbonyl (C=O) groups excluding carboxylic acids is 3. The molecule has 240 valence electrons. The molecule has 0 aliphatic carbocycles. The molecule has 4 atom stereocenters. The van der Waals surface area contributed by atoms with Crippen LogP contribution in [-0.2, 0) is 39.3 Å². The number of aliphatic carboxylic acids is 1. The van der Waals surface area contributed by atoms with Gasteiger partial charge in [0.05, 0.1) is 6.04 Å². The summed E-state index contributed by atoms with van der Waals surface area (Å²) in [5.74, 6) is -4.03. The van der Waals surface area contributed by atoms with E-state index in [0.717, 1.165) is 16.9 Å². The van der Waals surface area contributed by atoms with Gasteiger partial charge in [0.25, 0.3) is 5.91 Å². The molecule has 1 aromatic rings. The Morgan fingerprint density at radius 1 is 1.12 bits per heavy atom. The number of unbranched alkanes of at least 4 members (excludes halogenated alkanes) is 2. The van der Waals surface area contributed by atoms with E-state index in [9.17, 15) is 42.0 Å². The van der Waals surface area contributed by atoms with Crippen LogP contribution in [-0.4, -0.2) is 77.9 Å². The standard InChI is InChI=1S/C27H37F3N3O9P/c1-2-3-12-20(32-26(38)40-17-19-10-5-4-6-11-19)18-41-43(39)42-22(14-7-8-15-31-25(37)27(28,29)30)23(34)33-16-9-13-21(33)24(35)36/h4-6,10-11,20-22H,2-3,7-9,12-18H2,1H3,(H2-,31,32,35,36,37,38)/p+1/t20?,21-,22-/m0/s1. The van der Waals surface area contributed by atoms with Crippen molar-refractivity contribution in [1.29, 1.82) is 0 Å². The first-order valence-electron chi connectivity index (χ1n) is 14.0. The molecule has 1 saturated heterocycles. The molecule has 1 aliphatic heterocycles. The molecule has 12 nitrogen and oxygen atoms in total. The van der Waals surface area contributed by atoms with Gasteiger partial charge in [0.15, 0.2) is 6.10 Å². The molecule has 1 aliphatic rings. The Kier molecular flexibility index (Phi) is 15.4. The molecule has 1 aromatic carbocycles. The molecule has 16 heteroatoms. The lowest BCUT2D eigenvalue weighted by atomic mass is 10.1. The maximum absolute atomic E-state index is 13.2. The number of rotatable bonds is 18. The summed E-state index contributed by atoms with van der Waals surface area (Å²) in [5, 5.41) is 13.8. The summed E-state index contributed by atoms with van der Waals surface area (Å²) >= 11 is 0. The largest absolute Gasteiger partial charge is 0.698 e. The van der Waals surface area contributed by atoms with Crippen LogP contribution in [0.2, 0.25) is 0 Å². The van der Waals surface area contributed by atoms with E-state index in [1.807, 2.05) is 13.0 Å². The van der Waals surface area contributed by atoms with E-state index in [4.69, 9.17) is 13.8 Å². The third-order valence-electron chi connectivity index (χ3n) is 6.57. The fraction of sp³-hybridized carbons (Fsp3) is 0.630. The van der Waals surface area contributed by atoms with Crippen molar-refractivity contribution in [1.82, 2.24) is 15.5 Å². The van der Waals surface area contributed by atoms with Crippen molar-refractivity contribution in [2.24, 2.45) is 0 Å². The first kappa shape index (κ1) is 35.9. The number of nitrogens with zero attached hydrogens (tertiary/aromatic N) is 1. The third kappa shape index (κ3) is 13.3. The van der Waals surface area contributed by atoms with Crippen LogP contribution < -0.4 is 10.6 Å². The van der Waals surface area contributed by atoms with Crippen molar-refractivity contribution in [3.63, 3.8) is 0 Å². The highest BCUT2D eigenvalue weighted by Crippen LogP contribution is 2.31. The first-order chi connectivity index (χ1) is 20.4. The Hall–Kier alpha value is -3.29. The Balaban J connectivity index is 1.95. The number of carboxylic acids is 1. The number of halogens is 3. The lowest BCUT2D eigenvalue weighted by molar-refractivity contribution is -0.173. The molecule has 0 radical (unpaired) electrons. The summed E-state index contributed by atoms with van der Waals surface area (Å²) < 4.78 is 65.8. The van der Waals surface area contributed by atoms with Gasteiger partial charge in [-0.2, -0.15) is 13.2 Å². The number of hydrogen-bond donors (Lipinski definition) is 3. The summed E-state index contributed by atoms with van der Waals surface area (Å²) in [6.07, 6.45) is -4.46. The van der Waals surface area contributed by atoms with Gasteiger partial charge >= 0.3 is 32.4 Å². The second-order valence-corrected chi connectivity index (χ2v) is 10.9. The van der Waals surface area contributed by atoms with Crippen LogP contribution in [0.4, 0.5) is 18.0 Å². The van der Waals surface area contributed by atoms with Crippen molar-refractivity contribution < 1.29 is 55.8 Å². The van der Waals surface area contributed by atoms with Gasteiger partial charge in [-0.1, -0.05) is 50.1 Å². The molecular formula is C27H38F3N3O9P+. The highest BCUT2D eigenvalue weighted by atomic mass is 31.1. The second-order valence-electron chi connectivity index (χ2n) is 9.94. The number of hydrogen-bond acceptors (Lipinski definition) is 8. The Labute approximate surface area is 248 Å². The lowest BCUT2D eigenvalue weighted by Crippen LogP contribution is -2.46. The normalized spacial score (nSPS) is 16.7. The molecule has 43 heavy (non-hydrogen) atoms. The predicted molar refractivity (Wildman–Crippen MR) is 147 cm³/mol. The number of ether oxygens (including phenoxy) is 1. The number of nitrogens with one attached hydrogen (secondary N) is 2. The van der Waals surface area contributed by atoms with E-state index in [0.29, 0.717) is 19.3 Å². The quantitative estimate of drug-likeness (QED) is 0.156. The number of carboxylic acid groups (broad SMARTS) is 1. The van der Waals surface area contributed by atoms with Gasteiger partial charge in [-0.05, 0) is 44.1 Å². The molecule has 1 fully saturated rings. The minimum atomic E-state index is -5.03. The van der Waals surface area contributed by atoms with Crippen molar-refractivity contribution in [3.05, 3.63) is 35.9 Å². The van der Waals surface area contributed by atoms with Gasteiger partial charge in [-0.15, -0.1) is 9.05 Å². The molecule has 0 saturated carbocycles. The van der Waals surface area contributed by atoms with Crippen LogP contribution in [0, 0.1) is 0 Å². The molecule has 0 spiro atoms. The maximum atomic E-state index is 13.2. The molecule has 3 amide bonds. The Bertz CT molecular complexity index is 1080. The van der Waals surface area contributed by atoms with E-state index < -0.39 is 56.5 Å². The van der Waals surface area contributed by atoms with Crippen LogP contribution >= 0.6 is 8.25 Å². The van der Waals surface area contributed by atoms with E-state index in [1.165, 1.54) is 0 Å². The summed E-state index contributed by atoms with van der Waals surface area (Å²) in [5.41, 5.74) is 0.789. The number of amides is 3. The van der Waals surface area contributed by atoms with Crippen molar-refractivity contribution in [2.75, 3.05) is 19.7 Å². The topological polar surface area (TPSA) is 161 Å². The fourth-order valence-corrected chi connectivity index (χ4v) is 5.08. The number of benzene rings is 1. The second kappa shape index (κ2) is 18.4. The zero-order valence-corrected chi connectivity index (χ0v) is 24.7. The first-order valence-corrected chi connectivity index (χ1v) is 15.1. The Morgan fingerprint density at radius 3 is 2.49 bits per heavy atom. The molecule has 3 N–H and O–H groups in total. The lowest BCUT2D eigenvalue weighted by Gasteiger charge is -2.24. The van der Waals surface area contributed by atoms with E-state index >= 15 is 0 Å². The monoisotopic (exact) mass is 636 g/mol. The molecule has 0 bridgehead atoms. The van der Waals surface area contributed by atoms with Gasteiger partial charge in [-0.25, -0.2) is 9.59 Å². The molecule has 2 rings (SSSR count). The zero-order valence-electron chi connectivity index (χ0n) is 23.8. The van der Waals surface area contributed by atoms with Crippen LogP contribution in [0.5, 0.6) is 0 Å². The van der Waals surface area contributed by atoms with E-state index in [-0.39, 0.29) is 52.0 Å². The fourth-order valence-electron chi connectivity index (χ4n) is 4.31. The van der Waals surface area contributed by atoms with Gasteiger partial charge in [-0.3, -0.25) is 9.59 Å². The van der Waals surface area contributed by atoms with Gasteiger partial charge < -0.3 is 25.4 Å². The average Bonchev–Trinajstić information content (AvgIpc) is 3.47. The molecule has 0 aromatic heterocycles. The van der Waals surface area contributed by atoms with Crippen molar-refractivity contribution in [3.8, 4) is 0 Å². The van der Waals surface area contributed by atoms with Gasteiger partial charge in [0.1, 0.15) is 19.3 Å². The van der Waals surface area contributed by atoms with Crippen LogP contribution in [0.15, 0.2) is 30.3 Å². The average molecular weight is 637 g/mol. The molecule has 2 unspecified atom stereocenters. The number of alkyl carbamates (subject to hydrolysis) is 1. The highest BCUT2D eigenvalue weighted by Gasteiger charge is 2.42. The SMILES string of the molecule is CCCCC(CO[P+](=O)O[C@@H](CCCCNC(=O)C(F)(F)F)C(=O)N1CCC[C@H]1C(=O)O)NC(=O)OCc1ccccc1. The predicted octanol–water partition coefficient (Wildman–Crippen LogP) is 4.46. The highest BCUT2D eigenvalue weighted by molar-refractivity contribution is 7.33. The van der Waals surface area contributed by atoms with Crippen LogP contribution in [0.3, 0.4) is 0 Å². The minimum absolute atomic E-state index is 0.0446. The van der Waals surface area contributed by atoms with Crippen LogP contribution in [0.1, 0.15) is 63.9 Å². The minimum Gasteiger partial charge on any atom is -0.480 e. The maximum Gasteiger partial charge on any atom is 0.698 e. The van der Waals surface area contributed by atoms with E-state index in [1.54, 1.807) is 29.6 Å². The Morgan fingerprint density at radius 2 is 1.84 bits per heavy atom. The number of carbonyl (C=O) groups is 4. The molecule has 1 heterocycles. The summed E-state index contributed by atoms with van der Waals surface area (Å²) in [7, 11) is -2.92. The van der Waals surface area contributed by atoms with Crippen molar-refractivity contribution in [2.45, 2.75) is 89.3 Å². The van der Waals surface area contributed by atoms with Crippen LogP contribution in [0.25, 0.3) is 0 Å². The third-order valence-corrected chi connectivity index (χ3v) is 7.35. The van der Waals surface area contributed by atoms with Crippen molar-refractivity contribution >= 4 is 32.1 Å². The van der Waals surface area contributed by atoms with E-state index in [2.05, 4.69) is 5.32 Å². The number of likely N-dealkylation sites (tertiary alicyclic amines) is 1. The smallest absolute Gasteiger partial charge is 0.480 e.